The molecule has 0 N–H and O–H groups in total. The third-order valence-electron chi connectivity index (χ3n) is 12.4. The SMILES string of the molecule is CCCCC[Si](CCCCC)=[Hf]([CH3])([CH3])([CH]1C=Cc2c(-c3ccccc3CC)cccc21)[CH]1C=Cc2c(-c3ccccc3CC)cccc21. The molecule has 0 nitrogen and oxygen atoms in total. The maximum absolute atomic E-state index is 3.96. The van der Waals surface area contributed by atoms with Crippen molar-refractivity contribution >= 4 is 17.6 Å². The molecule has 4 aromatic rings. The van der Waals surface area contributed by atoms with E-state index >= 15 is 0 Å². The molecule has 6 rings (SSSR count). The summed E-state index contributed by atoms with van der Waals surface area (Å²) in [7, 11) is 0. The summed E-state index contributed by atoms with van der Waals surface area (Å²) in [6.45, 7) is 9.36. The fourth-order valence-electron chi connectivity index (χ4n) is 9.60. The van der Waals surface area contributed by atoms with E-state index in [9.17, 15) is 0 Å². The predicted molar refractivity (Wildman–Crippen MR) is 212 cm³/mol. The summed E-state index contributed by atoms with van der Waals surface area (Å²) >= 11 is -3.96. The van der Waals surface area contributed by atoms with Gasteiger partial charge in [-0.2, -0.15) is 0 Å². The van der Waals surface area contributed by atoms with Gasteiger partial charge in [0, 0.05) is 0 Å². The van der Waals surface area contributed by atoms with E-state index in [1.807, 2.05) is 0 Å². The van der Waals surface area contributed by atoms with Crippen LogP contribution in [0.2, 0.25) is 21.4 Å². The first-order chi connectivity index (χ1) is 23.4. The van der Waals surface area contributed by atoms with Crippen LogP contribution in [0.3, 0.4) is 0 Å². The summed E-state index contributed by atoms with van der Waals surface area (Å²) in [5, 5.41) is 0. The van der Waals surface area contributed by atoms with E-state index in [2.05, 4.69) is 146 Å². The topological polar surface area (TPSA) is 0 Å². The Bertz CT molecular complexity index is 1770. The van der Waals surface area contributed by atoms with Crippen molar-refractivity contribution in [3.05, 3.63) is 130 Å². The number of unbranched alkanes of at least 4 members (excludes halogenated alkanes) is 4. The molecule has 2 atom stereocenters. The predicted octanol–water partition coefficient (Wildman–Crippen LogP) is 14.1. The number of allylic oxidation sites excluding steroid dienone is 2. The molecule has 2 heteroatoms. The van der Waals surface area contributed by atoms with Gasteiger partial charge >= 0.3 is 295 Å². The summed E-state index contributed by atoms with van der Waals surface area (Å²) in [5.74, 6) is 0. The van der Waals surface area contributed by atoms with Crippen molar-refractivity contribution in [2.75, 3.05) is 0 Å². The van der Waals surface area contributed by atoms with Gasteiger partial charge in [-0.3, -0.25) is 0 Å². The van der Waals surface area contributed by atoms with Crippen molar-refractivity contribution in [1.82, 2.24) is 0 Å². The molecule has 2 unspecified atom stereocenters. The Hall–Kier alpha value is -2.55. The van der Waals surface area contributed by atoms with Crippen LogP contribution in [0.1, 0.15) is 107 Å². The normalized spacial score (nSPS) is 16.7. The minimum atomic E-state index is -3.96. The molecule has 0 aromatic heterocycles. The molecule has 0 fully saturated rings. The van der Waals surface area contributed by atoms with Gasteiger partial charge in [0.15, 0.2) is 0 Å². The zero-order chi connectivity index (χ0) is 33.8. The van der Waals surface area contributed by atoms with E-state index in [0.29, 0.717) is 7.35 Å². The van der Waals surface area contributed by atoms with Crippen LogP contribution in [0.5, 0.6) is 0 Å². The molecular weight excluding hydrogens is 759 g/mol. The second-order valence-corrected chi connectivity index (χ2v) is 61.4. The Morgan fingerprint density at radius 1 is 0.500 bits per heavy atom. The zero-order valence-corrected chi connectivity index (χ0v) is 35.2. The van der Waals surface area contributed by atoms with E-state index in [1.165, 1.54) is 95.1 Å². The third-order valence-corrected chi connectivity index (χ3v) is 68.5. The van der Waals surface area contributed by atoms with Crippen LogP contribution in [0.15, 0.2) is 97.1 Å². The van der Waals surface area contributed by atoms with Crippen LogP contribution in [-0.2, 0) is 30.0 Å². The Kier molecular flexibility index (Phi) is 11.1. The molecular formula is C46H58HfSi. The van der Waals surface area contributed by atoms with E-state index in [-0.39, 0.29) is 0 Å². The van der Waals surface area contributed by atoms with E-state index in [1.54, 1.807) is 11.1 Å². The van der Waals surface area contributed by atoms with Gasteiger partial charge in [0.2, 0.25) is 0 Å². The monoisotopic (exact) mass is 818 g/mol. The van der Waals surface area contributed by atoms with Crippen LogP contribution >= 0.6 is 0 Å². The van der Waals surface area contributed by atoms with Gasteiger partial charge in [0.05, 0.1) is 0 Å². The zero-order valence-electron chi connectivity index (χ0n) is 30.6. The molecule has 2 aliphatic carbocycles. The van der Waals surface area contributed by atoms with Gasteiger partial charge in [0.1, 0.15) is 0 Å². The number of hydrogen-bond acceptors (Lipinski definition) is 0. The van der Waals surface area contributed by atoms with Crippen molar-refractivity contribution in [1.29, 1.82) is 0 Å². The van der Waals surface area contributed by atoms with E-state index < -0.39 is 22.6 Å². The average molecular weight is 818 g/mol. The Balaban J connectivity index is 1.59. The van der Waals surface area contributed by atoms with Crippen molar-refractivity contribution < 1.29 is 17.1 Å². The molecule has 0 amide bonds. The molecule has 0 saturated carbocycles. The summed E-state index contributed by atoms with van der Waals surface area (Å²) in [4.78, 5) is 0. The van der Waals surface area contributed by atoms with Crippen LogP contribution in [0.4, 0.5) is 0 Å². The molecule has 0 spiro atoms. The van der Waals surface area contributed by atoms with Gasteiger partial charge in [-0.05, 0) is 0 Å². The number of fused-ring (bicyclic) bond motifs is 2. The molecule has 0 aliphatic heterocycles. The molecule has 0 saturated heterocycles. The first kappa shape index (κ1) is 35.3. The Morgan fingerprint density at radius 2 is 0.917 bits per heavy atom. The van der Waals surface area contributed by atoms with Crippen LogP contribution in [-0.4, -0.2) is 5.49 Å². The Morgan fingerprint density at radius 3 is 1.33 bits per heavy atom. The maximum atomic E-state index is 2.97. The first-order valence-electron chi connectivity index (χ1n) is 19.2. The number of rotatable bonds is 14. The van der Waals surface area contributed by atoms with Crippen molar-refractivity contribution in [2.45, 2.75) is 108 Å². The summed E-state index contributed by atoms with van der Waals surface area (Å²) in [5.41, 5.74) is 14.3. The first-order valence-corrected chi connectivity index (χ1v) is 37.8. The minimum absolute atomic E-state index is 0.579. The molecule has 0 bridgehead atoms. The van der Waals surface area contributed by atoms with E-state index in [4.69, 9.17) is 0 Å². The average Bonchev–Trinajstić information content (AvgIpc) is 3.78. The molecule has 0 heterocycles. The number of hydrogen-bond donors (Lipinski definition) is 0. The third kappa shape index (κ3) is 6.30. The van der Waals surface area contributed by atoms with Crippen LogP contribution < -0.4 is 0 Å². The fourth-order valence-corrected chi connectivity index (χ4v) is 63.1. The molecule has 48 heavy (non-hydrogen) atoms. The molecule has 2 aliphatic rings. The summed E-state index contributed by atoms with van der Waals surface area (Å²) in [6.07, 6.45) is 20.9. The van der Waals surface area contributed by atoms with E-state index in [0.717, 1.165) is 12.8 Å². The fraction of sp³-hybridized carbons (Fsp3) is 0.391. The number of benzene rings is 4. The molecule has 4 aromatic carbocycles. The van der Waals surface area contributed by atoms with Gasteiger partial charge in [-0.25, -0.2) is 0 Å². The van der Waals surface area contributed by atoms with Crippen LogP contribution in [0.25, 0.3) is 34.4 Å². The quantitative estimate of drug-likeness (QED) is 0.0878. The van der Waals surface area contributed by atoms with Gasteiger partial charge in [-0.1, -0.05) is 0 Å². The van der Waals surface area contributed by atoms with Crippen molar-refractivity contribution in [3.63, 3.8) is 0 Å². The van der Waals surface area contributed by atoms with Crippen molar-refractivity contribution in [2.24, 2.45) is 0 Å². The summed E-state index contributed by atoms with van der Waals surface area (Å²) < 4.78 is 7.10. The van der Waals surface area contributed by atoms with Crippen molar-refractivity contribution in [3.8, 4) is 22.3 Å². The second kappa shape index (κ2) is 15.1. The molecule has 250 valence electrons. The van der Waals surface area contributed by atoms with Gasteiger partial charge < -0.3 is 0 Å². The molecule has 0 radical (unpaired) electrons. The van der Waals surface area contributed by atoms with Gasteiger partial charge in [0.25, 0.3) is 0 Å². The standard InChI is InChI=1S/2C17H15.C10H22Si.2CH3.Hf/c2*1-2-13-7-3-4-10-15(13)17-12-6-9-14-8-5-11-16(14)17;1-3-5-7-9-11-10-8-6-4-2;;;/h2*3-12H,2H2,1H3;3-10H2,1-2H3;2*1H3;. The summed E-state index contributed by atoms with van der Waals surface area (Å²) in [6, 6.07) is 35.8. The van der Waals surface area contributed by atoms with Gasteiger partial charge in [-0.15, -0.1) is 0 Å². The van der Waals surface area contributed by atoms with Crippen LogP contribution in [0, 0.1) is 0 Å². The number of aryl methyl sites for hydroxylation is 2. The Labute approximate surface area is 293 Å². The second-order valence-electron chi connectivity index (χ2n) is 15.4.